The van der Waals surface area contributed by atoms with E-state index < -0.39 is 0 Å². The van der Waals surface area contributed by atoms with Gasteiger partial charge in [0.1, 0.15) is 0 Å². The highest BCUT2D eigenvalue weighted by Crippen LogP contribution is 2.29. The first-order valence-corrected chi connectivity index (χ1v) is 6.98. The number of amides is 1. The second-order valence-corrected chi connectivity index (χ2v) is 5.20. The summed E-state index contributed by atoms with van der Waals surface area (Å²) in [7, 11) is 0. The minimum absolute atomic E-state index is 0.151. The van der Waals surface area contributed by atoms with Crippen LogP contribution in [0.3, 0.4) is 0 Å². The van der Waals surface area contributed by atoms with Gasteiger partial charge in [0.15, 0.2) is 0 Å². The van der Waals surface area contributed by atoms with Gasteiger partial charge in [0.05, 0.1) is 28.4 Å². The van der Waals surface area contributed by atoms with Crippen molar-refractivity contribution in [2.45, 2.75) is 18.9 Å². The van der Waals surface area contributed by atoms with Crippen LogP contribution in [0, 0.1) is 0 Å². The van der Waals surface area contributed by atoms with Crippen molar-refractivity contribution in [1.82, 2.24) is 5.32 Å². The summed E-state index contributed by atoms with van der Waals surface area (Å²) in [6, 6.07) is 5.13. The van der Waals surface area contributed by atoms with Gasteiger partial charge in [-0.15, -0.1) is 0 Å². The Morgan fingerprint density at radius 2 is 2.26 bits per heavy atom. The molecular formula is C13H16Cl2N2O2. The Balaban J connectivity index is 1.76. The molecule has 1 heterocycles. The number of carbonyl (C=O) groups excluding carboxylic acids is 1. The third-order valence-corrected chi connectivity index (χ3v) is 3.73. The van der Waals surface area contributed by atoms with Crippen molar-refractivity contribution in [3.05, 3.63) is 28.2 Å². The van der Waals surface area contributed by atoms with Crippen LogP contribution in [0.1, 0.15) is 12.8 Å². The molecule has 6 heteroatoms. The van der Waals surface area contributed by atoms with Crippen LogP contribution in [0.25, 0.3) is 0 Å². The molecule has 2 rings (SSSR count). The number of hydrogen-bond donors (Lipinski definition) is 2. The molecular weight excluding hydrogens is 287 g/mol. The van der Waals surface area contributed by atoms with E-state index in [0.717, 1.165) is 19.4 Å². The fraction of sp³-hybridized carbons (Fsp3) is 0.462. The van der Waals surface area contributed by atoms with Gasteiger partial charge in [-0.1, -0.05) is 29.3 Å². The molecule has 1 atom stereocenters. The number of benzene rings is 1. The lowest BCUT2D eigenvalue weighted by Gasteiger charge is -2.11. The first kappa shape index (κ1) is 14.6. The van der Waals surface area contributed by atoms with Crippen molar-refractivity contribution >= 4 is 34.8 Å². The molecule has 0 radical (unpaired) electrons. The van der Waals surface area contributed by atoms with E-state index in [0.29, 0.717) is 22.3 Å². The number of ether oxygens (including phenoxy) is 1. The molecule has 2 N–H and O–H groups in total. The standard InChI is InChI=1S/C13H16Cl2N2O2/c14-10-4-1-5-11(13(10)15)17-12(18)8-16-7-9-3-2-6-19-9/h1,4-5,9,16H,2-3,6-8H2,(H,17,18). The van der Waals surface area contributed by atoms with Gasteiger partial charge >= 0.3 is 0 Å². The van der Waals surface area contributed by atoms with Crippen LogP contribution < -0.4 is 10.6 Å². The van der Waals surface area contributed by atoms with E-state index >= 15 is 0 Å². The maximum Gasteiger partial charge on any atom is 0.238 e. The Morgan fingerprint density at radius 3 is 3.00 bits per heavy atom. The number of hydrogen-bond acceptors (Lipinski definition) is 3. The van der Waals surface area contributed by atoms with Crippen LogP contribution in [0.5, 0.6) is 0 Å². The molecule has 0 spiro atoms. The van der Waals surface area contributed by atoms with E-state index in [1.807, 2.05) is 0 Å². The molecule has 4 nitrogen and oxygen atoms in total. The van der Waals surface area contributed by atoms with E-state index in [1.165, 1.54) is 0 Å². The summed E-state index contributed by atoms with van der Waals surface area (Å²) in [5.74, 6) is -0.151. The lowest BCUT2D eigenvalue weighted by molar-refractivity contribution is -0.115. The van der Waals surface area contributed by atoms with E-state index in [4.69, 9.17) is 27.9 Å². The topological polar surface area (TPSA) is 50.4 Å². The molecule has 0 saturated carbocycles. The molecule has 0 bridgehead atoms. The molecule has 1 amide bonds. The Kier molecular flexibility index (Phi) is 5.45. The van der Waals surface area contributed by atoms with Crippen molar-refractivity contribution in [2.75, 3.05) is 25.0 Å². The zero-order chi connectivity index (χ0) is 13.7. The monoisotopic (exact) mass is 302 g/mol. The highest BCUT2D eigenvalue weighted by atomic mass is 35.5. The van der Waals surface area contributed by atoms with Gasteiger partial charge in [0.2, 0.25) is 5.91 Å². The molecule has 104 valence electrons. The predicted molar refractivity (Wildman–Crippen MR) is 76.9 cm³/mol. The summed E-state index contributed by atoms with van der Waals surface area (Å²) in [6.07, 6.45) is 2.37. The van der Waals surface area contributed by atoms with Gasteiger partial charge in [-0.2, -0.15) is 0 Å². The molecule has 0 aromatic heterocycles. The number of nitrogens with one attached hydrogen (secondary N) is 2. The normalized spacial score (nSPS) is 18.5. The van der Waals surface area contributed by atoms with Crippen LogP contribution >= 0.6 is 23.2 Å². The number of halogens is 2. The minimum atomic E-state index is -0.151. The molecule has 0 aliphatic carbocycles. The predicted octanol–water partition coefficient (Wildman–Crippen LogP) is 2.70. The third-order valence-electron chi connectivity index (χ3n) is 2.91. The van der Waals surface area contributed by atoms with Gasteiger partial charge in [-0.3, -0.25) is 4.79 Å². The van der Waals surface area contributed by atoms with Gasteiger partial charge in [0.25, 0.3) is 0 Å². The molecule has 1 fully saturated rings. The second kappa shape index (κ2) is 7.10. The SMILES string of the molecule is O=C(CNCC1CCCO1)Nc1cccc(Cl)c1Cl. The van der Waals surface area contributed by atoms with Crippen molar-refractivity contribution in [3.8, 4) is 0 Å². The van der Waals surface area contributed by atoms with Crippen LogP contribution in [-0.4, -0.2) is 31.7 Å². The van der Waals surface area contributed by atoms with E-state index in [2.05, 4.69) is 10.6 Å². The van der Waals surface area contributed by atoms with E-state index in [-0.39, 0.29) is 18.6 Å². The van der Waals surface area contributed by atoms with Crippen molar-refractivity contribution < 1.29 is 9.53 Å². The smallest absolute Gasteiger partial charge is 0.238 e. The summed E-state index contributed by atoms with van der Waals surface area (Å²) < 4.78 is 5.46. The average molecular weight is 303 g/mol. The number of anilines is 1. The van der Waals surface area contributed by atoms with Crippen molar-refractivity contribution in [3.63, 3.8) is 0 Å². The van der Waals surface area contributed by atoms with Gasteiger partial charge in [-0.05, 0) is 25.0 Å². The van der Waals surface area contributed by atoms with E-state index in [1.54, 1.807) is 18.2 Å². The molecule has 1 aromatic rings. The van der Waals surface area contributed by atoms with Crippen molar-refractivity contribution in [2.24, 2.45) is 0 Å². The van der Waals surface area contributed by atoms with Crippen LogP contribution in [-0.2, 0) is 9.53 Å². The van der Waals surface area contributed by atoms with Crippen LogP contribution in [0.2, 0.25) is 10.0 Å². The fourth-order valence-electron chi connectivity index (χ4n) is 1.95. The molecule has 1 unspecified atom stereocenters. The highest BCUT2D eigenvalue weighted by molar-refractivity contribution is 6.43. The maximum atomic E-state index is 11.7. The summed E-state index contributed by atoms with van der Waals surface area (Å²) in [6.45, 7) is 1.73. The van der Waals surface area contributed by atoms with Crippen LogP contribution in [0.4, 0.5) is 5.69 Å². The lowest BCUT2D eigenvalue weighted by Crippen LogP contribution is -2.33. The Labute approximate surface area is 122 Å². The van der Waals surface area contributed by atoms with Crippen LogP contribution in [0.15, 0.2) is 18.2 Å². The molecule has 19 heavy (non-hydrogen) atoms. The Hall–Kier alpha value is -0.810. The molecule has 1 saturated heterocycles. The zero-order valence-electron chi connectivity index (χ0n) is 10.4. The van der Waals surface area contributed by atoms with Crippen molar-refractivity contribution in [1.29, 1.82) is 0 Å². The summed E-state index contributed by atoms with van der Waals surface area (Å²) in [5, 5.41) is 6.57. The second-order valence-electron chi connectivity index (χ2n) is 4.42. The summed E-state index contributed by atoms with van der Waals surface area (Å²) in [5.41, 5.74) is 0.526. The molecule has 1 aromatic carbocycles. The number of rotatable bonds is 5. The third kappa shape index (κ3) is 4.35. The largest absolute Gasteiger partial charge is 0.377 e. The van der Waals surface area contributed by atoms with Gasteiger partial charge < -0.3 is 15.4 Å². The maximum absolute atomic E-state index is 11.7. The number of carbonyl (C=O) groups is 1. The molecule has 1 aliphatic rings. The highest BCUT2D eigenvalue weighted by Gasteiger charge is 2.15. The lowest BCUT2D eigenvalue weighted by atomic mass is 10.2. The fourth-order valence-corrected chi connectivity index (χ4v) is 2.29. The quantitative estimate of drug-likeness (QED) is 0.879. The first-order valence-electron chi connectivity index (χ1n) is 6.23. The molecule has 1 aliphatic heterocycles. The minimum Gasteiger partial charge on any atom is -0.377 e. The van der Waals surface area contributed by atoms with Gasteiger partial charge in [0, 0.05) is 13.2 Å². The average Bonchev–Trinajstić information content (AvgIpc) is 2.88. The summed E-state index contributed by atoms with van der Waals surface area (Å²) in [4.78, 5) is 11.7. The zero-order valence-corrected chi connectivity index (χ0v) is 11.9. The van der Waals surface area contributed by atoms with E-state index in [9.17, 15) is 4.79 Å². The summed E-state index contributed by atoms with van der Waals surface area (Å²) >= 11 is 11.9. The Bertz CT molecular complexity index is 448. The first-order chi connectivity index (χ1) is 9.16. The Morgan fingerprint density at radius 1 is 1.42 bits per heavy atom. The van der Waals surface area contributed by atoms with Gasteiger partial charge in [-0.25, -0.2) is 0 Å².